The van der Waals surface area contributed by atoms with Crippen LogP contribution >= 0.6 is 69.2 Å². The van der Waals surface area contributed by atoms with Gasteiger partial charge in [0.2, 0.25) is 0 Å². The minimum atomic E-state index is -0.369. The summed E-state index contributed by atoms with van der Waals surface area (Å²) in [5.41, 5.74) is 12.2. The van der Waals surface area contributed by atoms with Crippen molar-refractivity contribution in [1.82, 2.24) is 0 Å². The lowest BCUT2D eigenvalue weighted by molar-refractivity contribution is 0.623. The zero-order chi connectivity index (χ0) is 19.3. The molecule has 0 bridgehead atoms. The Labute approximate surface area is 196 Å². The first-order valence-electron chi connectivity index (χ1n) is 7.49. The number of nitrogens with two attached hydrogens (primary N) is 2. The summed E-state index contributed by atoms with van der Waals surface area (Å²) in [5.74, 6) is -0.371. The van der Waals surface area contributed by atoms with Crippen LogP contribution in [0.3, 0.4) is 0 Å². The minimum absolute atomic E-state index is 0. The van der Waals surface area contributed by atoms with Crippen LogP contribution < -0.4 is 11.5 Å². The van der Waals surface area contributed by atoms with Crippen molar-refractivity contribution < 1.29 is 8.78 Å². The third kappa shape index (κ3) is 8.32. The number of amidine groups is 2. The smallest absolute Gasteiger partial charge is 0.151 e. The van der Waals surface area contributed by atoms with Gasteiger partial charge in [-0.25, -0.2) is 8.78 Å². The van der Waals surface area contributed by atoms with Crippen molar-refractivity contribution in [3.8, 4) is 0 Å². The summed E-state index contributed by atoms with van der Waals surface area (Å²) >= 11 is 3.63. The summed E-state index contributed by atoms with van der Waals surface area (Å²) < 4.78 is 27.4. The Morgan fingerprint density at radius 1 is 0.964 bits per heavy atom. The molecule has 0 aromatic heterocycles. The van der Waals surface area contributed by atoms with E-state index in [2.05, 4.69) is 0 Å². The zero-order valence-corrected chi connectivity index (χ0v) is 20.6. The van der Waals surface area contributed by atoms with Gasteiger partial charge in [0.25, 0.3) is 0 Å². The number of nitrogens with one attached hydrogen (secondary N) is 2. The van der Waals surface area contributed by atoms with Crippen molar-refractivity contribution in [2.75, 3.05) is 0 Å². The SMILES string of the molecule is Br.Br.CC(SC(=N)N)c1cc(F)ccc1Sc1ccc(F)cc1CSC(=N)N. The molecule has 0 fully saturated rings. The second kappa shape index (κ2) is 12.7. The van der Waals surface area contributed by atoms with Crippen LogP contribution in [0, 0.1) is 22.5 Å². The fraction of sp³-hybridized carbons (Fsp3) is 0.176. The van der Waals surface area contributed by atoms with Gasteiger partial charge in [-0.1, -0.05) is 35.3 Å². The van der Waals surface area contributed by atoms with Crippen molar-refractivity contribution in [3.05, 3.63) is 59.2 Å². The number of rotatable bonds is 6. The van der Waals surface area contributed by atoms with E-state index in [-0.39, 0.29) is 61.2 Å². The van der Waals surface area contributed by atoms with Gasteiger partial charge in [-0.05, 0) is 54.4 Å². The van der Waals surface area contributed by atoms with E-state index in [0.29, 0.717) is 16.9 Å². The molecule has 1 atom stereocenters. The second-order valence-electron chi connectivity index (χ2n) is 5.31. The fourth-order valence-corrected chi connectivity index (χ4v) is 4.76. The van der Waals surface area contributed by atoms with E-state index in [1.165, 1.54) is 36.0 Å². The van der Waals surface area contributed by atoms with E-state index < -0.39 is 0 Å². The Morgan fingerprint density at radius 2 is 1.54 bits per heavy atom. The Balaban J connectivity index is 0.00000364. The first kappa shape index (κ1) is 27.2. The highest BCUT2D eigenvalue weighted by atomic mass is 79.9. The normalized spacial score (nSPS) is 11.1. The Hall–Kier alpha value is -0.750. The lowest BCUT2D eigenvalue weighted by Crippen LogP contribution is -2.07. The predicted octanol–water partition coefficient (Wildman–Crippen LogP) is 6.09. The molecule has 0 heterocycles. The average Bonchev–Trinajstić information content (AvgIpc) is 2.55. The largest absolute Gasteiger partial charge is 0.379 e. The summed E-state index contributed by atoms with van der Waals surface area (Å²) in [5, 5.41) is 14.5. The minimum Gasteiger partial charge on any atom is -0.379 e. The maximum atomic E-state index is 13.7. The van der Waals surface area contributed by atoms with Crippen molar-refractivity contribution >= 4 is 79.6 Å². The highest BCUT2D eigenvalue weighted by molar-refractivity contribution is 8.93. The lowest BCUT2D eigenvalue weighted by Gasteiger charge is -2.16. The van der Waals surface area contributed by atoms with E-state index in [1.807, 2.05) is 6.92 Å². The molecule has 2 aromatic rings. The van der Waals surface area contributed by atoms with E-state index in [4.69, 9.17) is 22.3 Å². The highest BCUT2D eigenvalue weighted by Gasteiger charge is 2.16. The quantitative estimate of drug-likeness (QED) is 0.248. The highest BCUT2D eigenvalue weighted by Crippen LogP contribution is 2.40. The van der Waals surface area contributed by atoms with Gasteiger partial charge in [-0.15, -0.1) is 34.0 Å². The van der Waals surface area contributed by atoms with Gasteiger partial charge in [0.15, 0.2) is 10.3 Å². The number of benzene rings is 2. The molecule has 0 radical (unpaired) electrons. The Kier molecular flexibility index (Phi) is 12.4. The predicted molar refractivity (Wildman–Crippen MR) is 129 cm³/mol. The molecule has 0 aliphatic carbocycles. The summed E-state index contributed by atoms with van der Waals surface area (Å²) in [6.45, 7) is 1.85. The van der Waals surface area contributed by atoms with E-state index >= 15 is 0 Å². The van der Waals surface area contributed by atoms with E-state index in [9.17, 15) is 8.78 Å². The maximum Gasteiger partial charge on any atom is 0.151 e. The molecule has 2 aromatic carbocycles. The molecule has 0 amide bonds. The van der Waals surface area contributed by atoms with Crippen LogP contribution in [0.5, 0.6) is 0 Å². The van der Waals surface area contributed by atoms with Crippen LogP contribution in [-0.2, 0) is 5.75 Å². The van der Waals surface area contributed by atoms with Crippen LogP contribution in [0.25, 0.3) is 0 Å². The summed E-state index contributed by atoms with van der Waals surface area (Å²) in [4.78, 5) is 1.60. The summed E-state index contributed by atoms with van der Waals surface area (Å²) in [6.07, 6.45) is 0. The average molecular weight is 574 g/mol. The molecule has 154 valence electrons. The molecular formula is C17H20Br2F2N4S3. The fourth-order valence-electron chi connectivity index (χ4n) is 2.22. The van der Waals surface area contributed by atoms with Gasteiger partial charge in [-0.3, -0.25) is 10.8 Å². The molecule has 6 N–H and O–H groups in total. The molecule has 11 heteroatoms. The number of hydrogen-bond acceptors (Lipinski definition) is 5. The van der Waals surface area contributed by atoms with Gasteiger partial charge in [-0.2, -0.15) is 0 Å². The third-order valence-electron chi connectivity index (χ3n) is 3.34. The van der Waals surface area contributed by atoms with Crippen LogP contribution in [0.15, 0.2) is 46.2 Å². The van der Waals surface area contributed by atoms with E-state index in [1.54, 1.807) is 12.1 Å². The second-order valence-corrected chi connectivity index (χ2v) is 8.80. The molecule has 1 unspecified atom stereocenters. The Bertz CT molecular complexity index is 840. The van der Waals surface area contributed by atoms with Gasteiger partial charge in [0, 0.05) is 20.8 Å². The molecule has 28 heavy (non-hydrogen) atoms. The first-order valence-corrected chi connectivity index (χ1v) is 10.2. The van der Waals surface area contributed by atoms with Gasteiger partial charge >= 0.3 is 0 Å². The van der Waals surface area contributed by atoms with Gasteiger partial charge in [0.05, 0.1) is 0 Å². The summed E-state index contributed by atoms with van der Waals surface area (Å²) in [7, 11) is 0. The number of thioether (sulfide) groups is 2. The van der Waals surface area contributed by atoms with Crippen molar-refractivity contribution in [2.45, 2.75) is 27.7 Å². The zero-order valence-electron chi connectivity index (χ0n) is 14.7. The van der Waals surface area contributed by atoms with Gasteiger partial charge < -0.3 is 11.5 Å². The van der Waals surface area contributed by atoms with Crippen LogP contribution in [0.2, 0.25) is 0 Å². The van der Waals surface area contributed by atoms with Crippen LogP contribution in [-0.4, -0.2) is 10.3 Å². The summed E-state index contributed by atoms with van der Waals surface area (Å²) in [6, 6.07) is 8.89. The third-order valence-corrected chi connectivity index (χ3v) is 6.18. The molecule has 0 saturated heterocycles. The van der Waals surface area contributed by atoms with Crippen LogP contribution in [0.4, 0.5) is 8.78 Å². The number of hydrogen-bond donors (Lipinski definition) is 4. The monoisotopic (exact) mass is 572 g/mol. The Morgan fingerprint density at radius 3 is 2.11 bits per heavy atom. The van der Waals surface area contributed by atoms with Gasteiger partial charge in [0.1, 0.15) is 11.6 Å². The molecule has 4 nitrogen and oxygen atoms in total. The van der Waals surface area contributed by atoms with E-state index in [0.717, 1.165) is 33.3 Å². The maximum absolute atomic E-state index is 13.7. The molecule has 0 aliphatic rings. The van der Waals surface area contributed by atoms with Crippen molar-refractivity contribution in [3.63, 3.8) is 0 Å². The van der Waals surface area contributed by atoms with Crippen molar-refractivity contribution in [2.24, 2.45) is 11.5 Å². The lowest BCUT2D eigenvalue weighted by atomic mass is 10.1. The molecule has 0 saturated carbocycles. The molecular weight excluding hydrogens is 554 g/mol. The van der Waals surface area contributed by atoms with Crippen molar-refractivity contribution in [1.29, 1.82) is 10.8 Å². The van der Waals surface area contributed by atoms with Crippen LogP contribution in [0.1, 0.15) is 23.3 Å². The topological polar surface area (TPSA) is 99.7 Å². The number of halogens is 4. The standard InChI is InChI=1S/C17H18F2N4S3.2BrH/c1-9(25-17(22)23)13-7-12(19)3-5-15(13)26-14-4-2-11(18)6-10(14)8-24-16(20)21;;/h2-7,9H,8H2,1H3,(H3,20,21)(H3,22,23);2*1H. The molecule has 0 spiro atoms. The molecule has 0 aliphatic heterocycles. The molecule has 2 rings (SSSR count). The first-order chi connectivity index (χ1) is 12.3.